The summed E-state index contributed by atoms with van der Waals surface area (Å²) in [5.74, 6) is -0.802. The first kappa shape index (κ1) is 15.9. The Morgan fingerprint density at radius 1 is 1.18 bits per heavy atom. The summed E-state index contributed by atoms with van der Waals surface area (Å²) in [7, 11) is 1.31. The summed E-state index contributed by atoms with van der Waals surface area (Å²) in [6.45, 7) is 5.61. The monoisotopic (exact) mass is 300 g/mol. The lowest BCUT2D eigenvalue weighted by molar-refractivity contribution is -0.145. The van der Waals surface area contributed by atoms with E-state index in [9.17, 15) is 9.59 Å². The van der Waals surface area contributed by atoms with Gasteiger partial charge in [-0.3, -0.25) is 9.78 Å². The van der Waals surface area contributed by atoms with Gasteiger partial charge in [-0.15, -0.1) is 0 Å². The van der Waals surface area contributed by atoms with Gasteiger partial charge in [0.25, 0.3) is 5.91 Å². The molecule has 0 unspecified atom stereocenters. The van der Waals surface area contributed by atoms with E-state index < -0.39 is 17.4 Å². The van der Waals surface area contributed by atoms with Gasteiger partial charge >= 0.3 is 5.97 Å². The van der Waals surface area contributed by atoms with Crippen molar-refractivity contribution in [3.63, 3.8) is 0 Å². The SMILES string of the molecule is COC(=O)[C@H](NC(=O)c1cccc2cccnc12)C(C)(C)C. The van der Waals surface area contributed by atoms with E-state index in [-0.39, 0.29) is 5.91 Å². The fourth-order valence-electron chi connectivity index (χ4n) is 2.24. The van der Waals surface area contributed by atoms with Gasteiger partial charge < -0.3 is 10.1 Å². The number of hydrogen-bond acceptors (Lipinski definition) is 4. The Kier molecular flexibility index (Phi) is 4.45. The second kappa shape index (κ2) is 6.13. The number of rotatable bonds is 3. The highest BCUT2D eigenvalue weighted by Crippen LogP contribution is 2.22. The molecule has 0 bridgehead atoms. The lowest BCUT2D eigenvalue weighted by atomic mass is 9.86. The lowest BCUT2D eigenvalue weighted by Gasteiger charge is -2.29. The van der Waals surface area contributed by atoms with Gasteiger partial charge in [0.15, 0.2) is 0 Å². The predicted octanol–water partition coefficient (Wildman–Crippen LogP) is 2.55. The number of carbonyl (C=O) groups excluding carboxylic acids is 2. The van der Waals surface area contributed by atoms with E-state index in [1.54, 1.807) is 18.3 Å². The van der Waals surface area contributed by atoms with Gasteiger partial charge in [-0.1, -0.05) is 39.0 Å². The standard InChI is InChI=1S/C17H20N2O3/c1-17(2,3)14(16(21)22-4)19-15(20)12-9-5-7-11-8-6-10-18-13(11)12/h5-10,14H,1-4H3,(H,19,20)/t14-/m0/s1. The number of nitrogens with zero attached hydrogens (tertiary/aromatic N) is 1. The molecule has 5 heteroatoms. The third-order valence-electron chi connectivity index (χ3n) is 3.46. The van der Waals surface area contributed by atoms with Crippen molar-refractivity contribution in [2.75, 3.05) is 7.11 Å². The van der Waals surface area contributed by atoms with E-state index in [0.29, 0.717) is 11.1 Å². The topological polar surface area (TPSA) is 68.3 Å². The van der Waals surface area contributed by atoms with Crippen molar-refractivity contribution in [3.05, 3.63) is 42.1 Å². The van der Waals surface area contributed by atoms with Crippen molar-refractivity contribution in [1.82, 2.24) is 10.3 Å². The number of carbonyl (C=O) groups is 2. The van der Waals surface area contributed by atoms with Crippen molar-refractivity contribution in [2.24, 2.45) is 5.41 Å². The van der Waals surface area contributed by atoms with Gasteiger partial charge in [-0.05, 0) is 17.5 Å². The zero-order chi connectivity index (χ0) is 16.3. The van der Waals surface area contributed by atoms with E-state index in [0.717, 1.165) is 5.39 Å². The number of hydrogen-bond donors (Lipinski definition) is 1. The van der Waals surface area contributed by atoms with Gasteiger partial charge in [0.1, 0.15) is 6.04 Å². The van der Waals surface area contributed by atoms with Crippen LogP contribution in [0.25, 0.3) is 10.9 Å². The number of pyridine rings is 1. The Hall–Kier alpha value is -2.43. The third-order valence-corrected chi connectivity index (χ3v) is 3.46. The zero-order valence-electron chi connectivity index (χ0n) is 13.2. The minimum absolute atomic E-state index is 0.338. The number of ether oxygens (including phenoxy) is 1. The summed E-state index contributed by atoms with van der Waals surface area (Å²) in [6, 6.07) is 8.35. The normalized spacial score (nSPS) is 12.7. The summed E-state index contributed by atoms with van der Waals surface area (Å²) in [5.41, 5.74) is 0.595. The molecule has 0 radical (unpaired) electrons. The minimum Gasteiger partial charge on any atom is -0.467 e. The van der Waals surface area contributed by atoms with Crippen LogP contribution in [0.2, 0.25) is 0 Å². The summed E-state index contributed by atoms with van der Waals surface area (Å²) in [6.07, 6.45) is 1.64. The molecule has 2 aromatic rings. The molecular weight excluding hydrogens is 280 g/mol. The Balaban J connectivity index is 2.36. The molecule has 0 saturated carbocycles. The molecule has 1 atom stereocenters. The van der Waals surface area contributed by atoms with Crippen molar-refractivity contribution in [2.45, 2.75) is 26.8 Å². The van der Waals surface area contributed by atoms with E-state index >= 15 is 0 Å². The van der Waals surface area contributed by atoms with Crippen molar-refractivity contribution in [1.29, 1.82) is 0 Å². The van der Waals surface area contributed by atoms with E-state index in [1.165, 1.54) is 7.11 Å². The smallest absolute Gasteiger partial charge is 0.328 e. The molecule has 2 rings (SSSR count). The van der Waals surface area contributed by atoms with Crippen molar-refractivity contribution < 1.29 is 14.3 Å². The number of benzene rings is 1. The number of methoxy groups -OCH3 is 1. The molecule has 0 fully saturated rings. The van der Waals surface area contributed by atoms with Crippen LogP contribution in [0.15, 0.2) is 36.5 Å². The maximum atomic E-state index is 12.6. The lowest BCUT2D eigenvalue weighted by Crippen LogP contribution is -2.49. The number of esters is 1. The fraction of sp³-hybridized carbons (Fsp3) is 0.353. The molecule has 1 aromatic carbocycles. The Morgan fingerprint density at radius 3 is 2.50 bits per heavy atom. The quantitative estimate of drug-likeness (QED) is 0.885. The highest BCUT2D eigenvalue weighted by Gasteiger charge is 2.34. The molecule has 1 aromatic heterocycles. The number of amides is 1. The van der Waals surface area contributed by atoms with Crippen LogP contribution in [-0.4, -0.2) is 30.0 Å². The molecular formula is C17H20N2O3. The summed E-state index contributed by atoms with van der Waals surface area (Å²) < 4.78 is 4.79. The van der Waals surface area contributed by atoms with E-state index in [4.69, 9.17) is 4.74 Å². The van der Waals surface area contributed by atoms with Crippen LogP contribution in [0, 0.1) is 5.41 Å². The summed E-state index contributed by atoms with van der Waals surface area (Å²) >= 11 is 0. The predicted molar refractivity (Wildman–Crippen MR) is 84.5 cm³/mol. The van der Waals surface area contributed by atoms with Gasteiger partial charge in [-0.25, -0.2) is 4.79 Å². The molecule has 1 amide bonds. The van der Waals surface area contributed by atoms with Crippen molar-refractivity contribution >= 4 is 22.8 Å². The maximum absolute atomic E-state index is 12.6. The van der Waals surface area contributed by atoms with Crippen LogP contribution in [-0.2, 0) is 9.53 Å². The molecule has 1 N–H and O–H groups in total. The maximum Gasteiger partial charge on any atom is 0.328 e. The van der Waals surface area contributed by atoms with Gasteiger partial charge in [0.2, 0.25) is 0 Å². The largest absolute Gasteiger partial charge is 0.467 e. The summed E-state index contributed by atoms with van der Waals surface area (Å²) in [4.78, 5) is 28.8. The van der Waals surface area contributed by atoms with Gasteiger partial charge in [0, 0.05) is 11.6 Å². The average Bonchev–Trinajstić information content (AvgIpc) is 2.50. The first-order chi connectivity index (χ1) is 10.3. The Bertz CT molecular complexity index is 699. The van der Waals surface area contributed by atoms with Crippen LogP contribution < -0.4 is 5.32 Å². The van der Waals surface area contributed by atoms with Gasteiger partial charge in [0.05, 0.1) is 18.2 Å². The number of aromatic nitrogens is 1. The van der Waals surface area contributed by atoms with Crippen molar-refractivity contribution in [3.8, 4) is 0 Å². The zero-order valence-corrected chi connectivity index (χ0v) is 13.2. The second-order valence-corrected chi connectivity index (χ2v) is 6.18. The Morgan fingerprint density at radius 2 is 1.86 bits per heavy atom. The van der Waals surface area contributed by atoms with Crippen LogP contribution in [0.3, 0.4) is 0 Å². The second-order valence-electron chi connectivity index (χ2n) is 6.18. The molecule has 0 spiro atoms. The molecule has 0 saturated heterocycles. The van der Waals surface area contributed by atoms with E-state index in [1.807, 2.05) is 39.0 Å². The van der Waals surface area contributed by atoms with Crippen LogP contribution >= 0.6 is 0 Å². The Labute approximate surface area is 129 Å². The molecule has 5 nitrogen and oxygen atoms in total. The molecule has 0 aliphatic carbocycles. The highest BCUT2D eigenvalue weighted by atomic mass is 16.5. The molecule has 1 heterocycles. The summed E-state index contributed by atoms with van der Waals surface area (Å²) in [5, 5.41) is 3.64. The molecule has 0 aliphatic rings. The van der Waals surface area contributed by atoms with Crippen LogP contribution in [0.5, 0.6) is 0 Å². The van der Waals surface area contributed by atoms with Crippen LogP contribution in [0.4, 0.5) is 0 Å². The molecule has 116 valence electrons. The third kappa shape index (κ3) is 3.24. The highest BCUT2D eigenvalue weighted by molar-refractivity contribution is 6.06. The number of nitrogens with one attached hydrogen (secondary N) is 1. The average molecular weight is 300 g/mol. The number of fused-ring (bicyclic) bond motifs is 1. The molecule has 22 heavy (non-hydrogen) atoms. The minimum atomic E-state index is -0.732. The van der Waals surface area contributed by atoms with Gasteiger partial charge in [-0.2, -0.15) is 0 Å². The molecule has 0 aliphatic heterocycles. The first-order valence-electron chi connectivity index (χ1n) is 7.07. The van der Waals surface area contributed by atoms with E-state index in [2.05, 4.69) is 10.3 Å². The van der Waals surface area contributed by atoms with Crippen LogP contribution in [0.1, 0.15) is 31.1 Å². The first-order valence-corrected chi connectivity index (χ1v) is 7.07. The fourth-order valence-corrected chi connectivity index (χ4v) is 2.24. The number of para-hydroxylation sites is 1.